The van der Waals surface area contributed by atoms with Gasteiger partial charge < -0.3 is 4.90 Å². The molecule has 0 aromatic heterocycles. The zero-order chi connectivity index (χ0) is 14.3. The maximum atomic E-state index is 12.0. The van der Waals surface area contributed by atoms with Crippen LogP contribution in [0.1, 0.15) is 43.2 Å². The molecular formula is C17H20ClNO. The second-order valence-electron chi connectivity index (χ2n) is 6.26. The Bertz CT molecular complexity index is 583. The second-order valence-corrected chi connectivity index (χ2v) is 6.69. The molecule has 0 bridgehead atoms. The molecule has 2 aliphatic carbocycles. The summed E-state index contributed by atoms with van der Waals surface area (Å²) in [7, 11) is 3.58. The lowest BCUT2D eigenvalue weighted by Crippen LogP contribution is -2.20. The average molecular weight is 290 g/mol. The Balaban J connectivity index is 2.08. The highest BCUT2D eigenvalue weighted by Gasteiger charge is 2.43. The fourth-order valence-electron chi connectivity index (χ4n) is 3.70. The first kappa shape index (κ1) is 13.7. The number of halogens is 1. The quantitative estimate of drug-likeness (QED) is 0.715. The molecule has 0 atom stereocenters. The Hall–Kier alpha value is -1.28. The molecule has 0 unspecified atom stereocenters. The molecule has 0 N–H and O–H groups in total. The van der Waals surface area contributed by atoms with Crippen LogP contribution in [0.5, 0.6) is 0 Å². The number of fused-ring (bicyclic) bond motifs is 2. The standard InChI is InChI=1S/C17H20ClNO/c1-19(2)16(20)9-12-11-17(7-3-4-8-17)15-6-5-13(18)10-14(12)15/h5-6,9-10H,3-4,7-8,11H2,1-2H3/b12-9-. The van der Waals surface area contributed by atoms with Crippen molar-refractivity contribution >= 4 is 23.1 Å². The van der Waals surface area contributed by atoms with Gasteiger partial charge in [0.15, 0.2) is 0 Å². The third-order valence-electron chi connectivity index (χ3n) is 4.73. The van der Waals surface area contributed by atoms with Crippen LogP contribution in [0.15, 0.2) is 24.3 Å². The molecule has 0 radical (unpaired) electrons. The van der Waals surface area contributed by atoms with Gasteiger partial charge in [0, 0.05) is 25.2 Å². The van der Waals surface area contributed by atoms with Crippen LogP contribution in [-0.2, 0) is 10.2 Å². The van der Waals surface area contributed by atoms with Crippen molar-refractivity contribution in [1.29, 1.82) is 0 Å². The highest BCUT2D eigenvalue weighted by Crippen LogP contribution is 2.54. The highest BCUT2D eigenvalue weighted by molar-refractivity contribution is 6.30. The number of allylic oxidation sites excluding steroid dienone is 1. The first-order valence-electron chi connectivity index (χ1n) is 7.24. The first-order chi connectivity index (χ1) is 9.52. The van der Waals surface area contributed by atoms with E-state index < -0.39 is 0 Å². The minimum atomic E-state index is 0.0565. The summed E-state index contributed by atoms with van der Waals surface area (Å²) in [5.74, 6) is 0.0565. The van der Waals surface area contributed by atoms with Crippen molar-refractivity contribution in [2.75, 3.05) is 14.1 Å². The van der Waals surface area contributed by atoms with Gasteiger partial charge >= 0.3 is 0 Å². The third-order valence-corrected chi connectivity index (χ3v) is 4.96. The number of rotatable bonds is 1. The van der Waals surface area contributed by atoms with Gasteiger partial charge in [0.2, 0.25) is 5.91 Å². The number of amides is 1. The number of hydrogen-bond acceptors (Lipinski definition) is 1. The number of carbonyl (C=O) groups is 1. The van der Waals surface area contributed by atoms with Gasteiger partial charge in [-0.05, 0) is 53.5 Å². The van der Waals surface area contributed by atoms with Gasteiger partial charge in [-0.1, -0.05) is 30.5 Å². The average Bonchev–Trinajstić information content (AvgIpc) is 2.97. The van der Waals surface area contributed by atoms with Gasteiger partial charge in [-0.3, -0.25) is 4.79 Å². The normalized spacial score (nSPS) is 21.4. The predicted octanol–water partition coefficient (Wildman–Crippen LogP) is 4.03. The topological polar surface area (TPSA) is 20.3 Å². The molecule has 1 aromatic rings. The summed E-state index contributed by atoms with van der Waals surface area (Å²) in [6.45, 7) is 0. The lowest BCUT2D eigenvalue weighted by atomic mass is 9.80. The number of likely N-dealkylation sites (N-methyl/N-ethyl adjacent to an activating group) is 1. The number of nitrogens with zero attached hydrogens (tertiary/aromatic N) is 1. The molecule has 0 heterocycles. The Morgan fingerprint density at radius 3 is 2.65 bits per heavy atom. The molecule has 1 spiro atoms. The molecule has 1 fully saturated rings. The van der Waals surface area contributed by atoms with Crippen LogP contribution in [0.4, 0.5) is 0 Å². The minimum absolute atomic E-state index is 0.0565. The maximum Gasteiger partial charge on any atom is 0.246 e. The van der Waals surface area contributed by atoms with Crippen molar-refractivity contribution in [1.82, 2.24) is 4.90 Å². The van der Waals surface area contributed by atoms with E-state index in [0.717, 1.165) is 17.0 Å². The van der Waals surface area contributed by atoms with E-state index in [4.69, 9.17) is 11.6 Å². The monoisotopic (exact) mass is 289 g/mol. The maximum absolute atomic E-state index is 12.0. The molecule has 2 aliphatic rings. The molecule has 2 nitrogen and oxygen atoms in total. The van der Waals surface area contributed by atoms with E-state index >= 15 is 0 Å². The third kappa shape index (κ3) is 2.16. The molecule has 0 aliphatic heterocycles. The highest BCUT2D eigenvalue weighted by atomic mass is 35.5. The SMILES string of the molecule is CN(C)C(=O)/C=C1/CC2(CCCC2)c2ccc(Cl)cc21. The van der Waals surface area contributed by atoms with E-state index in [2.05, 4.69) is 6.07 Å². The molecule has 1 saturated carbocycles. The van der Waals surface area contributed by atoms with Gasteiger partial charge in [-0.15, -0.1) is 0 Å². The van der Waals surface area contributed by atoms with Gasteiger partial charge in [-0.25, -0.2) is 0 Å². The van der Waals surface area contributed by atoms with Crippen LogP contribution in [0, 0.1) is 0 Å². The van der Waals surface area contributed by atoms with E-state index in [9.17, 15) is 4.79 Å². The lowest BCUT2D eigenvalue weighted by Gasteiger charge is -2.23. The summed E-state index contributed by atoms with van der Waals surface area (Å²) in [4.78, 5) is 13.6. The summed E-state index contributed by atoms with van der Waals surface area (Å²) in [6.07, 6.45) is 7.82. The van der Waals surface area contributed by atoms with E-state index in [1.165, 1.54) is 36.8 Å². The summed E-state index contributed by atoms with van der Waals surface area (Å²) in [6, 6.07) is 6.18. The largest absolute Gasteiger partial charge is 0.345 e. The van der Waals surface area contributed by atoms with Crippen LogP contribution in [0.25, 0.3) is 5.57 Å². The van der Waals surface area contributed by atoms with Gasteiger partial charge in [-0.2, -0.15) is 0 Å². The van der Waals surface area contributed by atoms with Crippen LogP contribution < -0.4 is 0 Å². The van der Waals surface area contributed by atoms with Gasteiger partial charge in [0.1, 0.15) is 0 Å². The molecule has 3 rings (SSSR count). The number of carbonyl (C=O) groups excluding carboxylic acids is 1. The van der Waals surface area contributed by atoms with Crippen molar-refractivity contribution in [3.05, 3.63) is 40.4 Å². The molecule has 20 heavy (non-hydrogen) atoms. The fourth-order valence-corrected chi connectivity index (χ4v) is 3.88. The zero-order valence-corrected chi connectivity index (χ0v) is 12.8. The summed E-state index contributed by atoms with van der Waals surface area (Å²) < 4.78 is 0. The summed E-state index contributed by atoms with van der Waals surface area (Å²) >= 11 is 6.16. The van der Waals surface area contributed by atoms with Crippen molar-refractivity contribution in [2.24, 2.45) is 0 Å². The minimum Gasteiger partial charge on any atom is -0.345 e. The molecule has 3 heteroatoms. The number of benzene rings is 1. The van der Waals surface area contributed by atoms with E-state index in [1.807, 2.05) is 12.1 Å². The van der Waals surface area contributed by atoms with Gasteiger partial charge in [0.05, 0.1) is 0 Å². The smallest absolute Gasteiger partial charge is 0.246 e. The molecule has 1 amide bonds. The van der Waals surface area contributed by atoms with Crippen LogP contribution >= 0.6 is 11.6 Å². The van der Waals surface area contributed by atoms with Crippen molar-refractivity contribution in [3.8, 4) is 0 Å². The Morgan fingerprint density at radius 1 is 1.30 bits per heavy atom. The lowest BCUT2D eigenvalue weighted by molar-refractivity contribution is -0.123. The van der Waals surface area contributed by atoms with Crippen LogP contribution in [0.3, 0.4) is 0 Å². The van der Waals surface area contributed by atoms with E-state index in [-0.39, 0.29) is 11.3 Å². The van der Waals surface area contributed by atoms with E-state index in [1.54, 1.807) is 25.1 Å². The van der Waals surface area contributed by atoms with Gasteiger partial charge in [0.25, 0.3) is 0 Å². The van der Waals surface area contributed by atoms with Crippen molar-refractivity contribution < 1.29 is 4.79 Å². The first-order valence-corrected chi connectivity index (χ1v) is 7.62. The van der Waals surface area contributed by atoms with Crippen molar-refractivity contribution in [3.63, 3.8) is 0 Å². The van der Waals surface area contributed by atoms with Crippen LogP contribution in [0.2, 0.25) is 5.02 Å². The Kier molecular flexibility index (Phi) is 3.37. The Labute approximate surface area is 125 Å². The predicted molar refractivity (Wildman–Crippen MR) is 82.9 cm³/mol. The molecule has 106 valence electrons. The zero-order valence-electron chi connectivity index (χ0n) is 12.1. The second kappa shape index (κ2) is 4.92. The summed E-state index contributed by atoms with van der Waals surface area (Å²) in [5, 5.41) is 0.752. The molecular weight excluding hydrogens is 270 g/mol. The van der Waals surface area contributed by atoms with Crippen LogP contribution in [-0.4, -0.2) is 24.9 Å². The van der Waals surface area contributed by atoms with Crippen molar-refractivity contribution in [2.45, 2.75) is 37.5 Å². The number of hydrogen-bond donors (Lipinski definition) is 0. The molecule has 0 saturated heterocycles. The van der Waals surface area contributed by atoms with E-state index in [0.29, 0.717) is 0 Å². The fraction of sp³-hybridized carbons (Fsp3) is 0.471. The molecule has 1 aromatic carbocycles. The Morgan fingerprint density at radius 2 is 2.00 bits per heavy atom. The summed E-state index contributed by atoms with van der Waals surface area (Å²) in [5.41, 5.74) is 4.01.